The van der Waals surface area contributed by atoms with Crippen molar-refractivity contribution < 1.29 is 0 Å². The van der Waals surface area contributed by atoms with E-state index < -0.39 is 0 Å². The number of thioether (sulfide) groups is 1. The van der Waals surface area contributed by atoms with Crippen molar-refractivity contribution in [3.05, 3.63) is 12.7 Å². The van der Waals surface area contributed by atoms with E-state index in [1.807, 2.05) is 17.8 Å². The smallest absolute Gasteiger partial charge is 0.0244 e. The molecule has 0 amide bonds. The van der Waals surface area contributed by atoms with Crippen LogP contribution < -0.4 is 5.32 Å². The van der Waals surface area contributed by atoms with E-state index in [1.165, 1.54) is 57.5 Å². The Balaban J connectivity index is 1.86. The highest BCUT2D eigenvalue weighted by Gasteiger charge is 2.33. The first kappa shape index (κ1) is 17.4. The Morgan fingerprint density at radius 2 is 2.05 bits per heavy atom. The molecule has 2 nitrogen and oxygen atoms in total. The van der Waals surface area contributed by atoms with Crippen LogP contribution in [0.3, 0.4) is 0 Å². The Morgan fingerprint density at radius 1 is 1.29 bits per heavy atom. The minimum absolute atomic E-state index is 0.717. The van der Waals surface area contributed by atoms with Crippen LogP contribution in [0.2, 0.25) is 0 Å². The van der Waals surface area contributed by atoms with E-state index in [4.69, 9.17) is 0 Å². The van der Waals surface area contributed by atoms with Gasteiger partial charge in [-0.3, -0.25) is 4.90 Å². The highest BCUT2D eigenvalue weighted by molar-refractivity contribution is 7.99. The molecule has 2 atom stereocenters. The minimum atomic E-state index is 0.717. The standard InChI is InChI=1S/C18H34N2S/c1-4-11-21-12-10-20-14-17(16-8-6-5-7-9-16)19-13-18(20)15(2)3/h4,15-19H,1,5-14H2,2-3H3. The van der Waals surface area contributed by atoms with Crippen molar-refractivity contribution in [2.75, 3.05) is 31.1 Å². The second kappa shape index (κ2) is 9.22. The van der Waals surface area contributed by atoms with Crippen molar-refractivity contribution in [1.82, 2.24) is 10.2 Å². The molecule has 1 N–H and O–H groups in total. The van der Waals surface area contributed by atoms with E-state index in [0.29, 0.717) is 6.04 Å². The Morgan fingerprint density at radius 3 is 2.71 bits per heavy atom. The summed E-state index contributed by atoms with van der Waals surface area (Å²) in [6.45, 7) is 12.3. The van der Waals surface area contributed by atoms with Crippen LogP contribution in [0.1, 0.15) is 46.0 Å². The number of hydrogen-bond donors (Lipinski definition) is 1. The van der Waals surface area contributed by atoms with Crippen LogP contribution in [-0.2, 0) is 0 Å². The molecule has 1 saturated carbocycles. The Kier molecular flexibility index (Phi) is 7.62. The molecule has 122 valence electrons. The van der Waals surface area contributed by atoms with Crippen LogP contribution in [-0.4, -0.2) is 48.1 Å². The van der Waals surface area contributed by atoms with Crippen molar-refractivity contribution >= 4 is 11.8 Å². The van der Waals surface area contributed by atoms with E-state index in [2.05, 4.69) is 30.6 Å². The van der Waals surface area contributed by atoms with Crippen molar-refractivity contribution in [2.24, 2.45) is 11.8 Å². The molecule has 0 aromatic heterocycles. The highest BCUT2D eigenvalue weighted by Crippen LogP contribution is 2.29. The molecule has 21 heavy (non-hydrogen) atoms. The number of piperazine rings is 1. The van der Waals surface area contributed by atoms with Crippen LogP contribution in [0.4, 0.5) is 0 Å². The summed E-state index contributed by atoms with van der Waals surface area (Å²) in [5.41, 5.74) is 0. The van der Waals surface area contributed by atoms with Gasteiger partial charge in [-0.15, -0.1) is 6.58 Å². The van der Waals surface area contributed by atoms with Crippen LogP contribution in [0, 0.1) is 11.8 Å². The van der Waals surface area contributed by atoms with Gasteiger partial charge < -0.3 is 5.32 Å². The quantitative estimate of drug-likeness (QED) is 0.569. The first-order valence-electron chi connectivity index (χ1n) is 8.88. The maximum Gasteiger partial charge on any atom is 0.0244 e. The predicted octanol–water partition coefficient (Wildman–Crippen LogP) is 3.78. The number of hydrogen-bond acceptors (Lipinski definition) is 3. The lowest BCUT2D eigenvalue weighted by molar-refractivity contribution is 0.0779. The monoisotopic (exact) mass is 310 g/mol. The molecular weight excluding hydrogens is 276 g/mol. The zero-order valence-corrected chi connectivity index (χ0v) is 14.8. The molecule has 1 saturated heterocycles. The molecule has 1 heterocycles. The fourth-order valence-corrected chi connectivity index (χ4v) is 4.67. The molecule has 2 fully saturated rings. The maximum atomic E-state index is 3.89. The average Bonchev–Trinajstić information content (AvgIpc) is 2.52. The van der Waals surface area contributed by atoms with Gasteiger partial charge in [-0.2, -0.15) is 11.8 Å². The summed E-state index contributed by atoms with van der Waals surface area (Å²) in [7, 11) is 0. The van der Waals surface area contributed by atoms with Crippen molar-refractivity contribution in [3.8, 4) is 0 Å². The molecule has 0 aromatic rings. The number of rotatable bonds is 7. The molecule has 0 aromatic carbocycles. The van der Waals surface area contributed by atoms with E-state index >= 15 is 0 Å². The average molecular weight is 311 g/mol. The van der Waals surface area contributed by atoms with Crippen LogP contribution >= 0.6 is 11.8 Å². The fourth-order valence-electron chi connectivity index (χ4n) is 3.97. The van der Waals surface area contributed by atoms with Crippen LogP contribution in [0.15, 0.2) is 12.7 Å². The van der Waals surface area contributed by atoms with E-state index in [-0.39, 0.29) is 0 Å². The third-order valence-electron chi connectivity index (χ3n) is 5.24. The molecular formula is C18H34N2S. The molecule has 2 aliphatic rings. The summed E-state index contributed by atoms with van der Waals surface area (Å²) >= 11 is 2.02. The molecule has 0 radical (unpaired) electrons. The lowest BCUT2D eigenvalue weighted by Gasteiger charge is -2.45. The van der Waals surface area contributed by atoms with Gasteiger partial charge in [-0.05, 0) is 24.7 Å². The second-order valence-electron chi connectivity index (χ2n) is 7.08. The van der Waals surface area contributed by atoms with Crippen LogP contribution in [0.5, 0.6) is 0 Å². The third-order valence-corrected chi connectivity index (χ3v) is 6.18. The van der Waals surface area contributed by atoms with Gasteiger partial charge in [0.1, 0.15) is 0 Å². The van der Waals surface area contributed by atoms with Crippen molar-refractivity contribution in [1.29, 1.82) is 0 Å². The lowest BCUT2D eigenvalue weighted by Crippen LogP contribution is -2.60. The fraction of sp³-hybridized carbons (Fsp3) is 0.889. The SMILES string of the molecule is C=CCSCCN1CC(C2CCCCC2)NCC1C(C)C. The summed E-state index contributed by atoms with van der Waals surface area (Å²) < 4.78 is 0. The molecule has 1 aliphatic carbocycles. The number of nitrogens with zero attached hydrogens (tertiary/aromatic N) is 1. The van der Waals surface area contributed by atoms with Gasteiger partial charge in [0.05, 0.1) is 0 Å². The normalized spacial score (nSPS) is 28.9. The zero-order valence-electron chi connectivity index (χ0n) is 14.0. The Bertz CT molecular complexity index is 300. The van der Waals surface area contributed by atoms with Gasteiger partial charge >= 0.3 is 0 Å². The molecule has 1 aliphatic heterocycles. The molecule has 2 unspecified atom stereocenters. The van der Waals surface area contributed by atoms with Crippen LogP contribution in [0.25, 0.3) is 0 Å². The van der Waals surface area contributed by atoms with Gasteiger partial charge in [-0.25, -0.2) is 0 Å². The molecule has 2 rings (SSSR count). The first-order chi connectivity index (χ1) is 10.2. The summed E-state index contributed by atoms with van der Waals surface area (Å²) in [5, 5.41) is 3.89. The summed E-state index contributed by atoms with van der Waals surface area (Å²) in [5.74, 6) is 4.00. The summed E-state index contributed by atoms with van der Waals surface area (Å²) in [6, 6.07) is 1.46. The van der Waals surface area contributed by atoms with Crippen molar-refractivity contribution in [2.45, 2.75) is 58.0 Å². The Hall–Kier alpha value is 0.01000. The van der Waals surface area contributed by atoms with Gasteiger partial charge in [0.25, 0.3) is 0 Å². The van der Waals surface area contributed by atoms with E-state index in [1.54, 1.807) is 0 Å². The topological polar surface area (TPSA) is 15.3 Å². The Labute approximate surface area is 136 Å². The van der Waals surface area contributed by atoms with Gasteiger partial charge in [0, 0.05) is 43.2 Å². The third kappa shape index (κ3) is 5.30. The largest absolute Gasteiger partial charge is 0.311 e. The zero-order chi connectivity index (χ0) is 15.1. The van der Waals surface area contributed by atoms with Gasteiger partial charge in [0.15, 0.2) is 0 Å². The second-order valence-corrected chi connectivity index (χ2v) is 8.23. The predicted molar refractivity (Wildman–Crippen MR) is 96.1 cm³/mol. The maximum absolute atomic E-state index is 3.89. The first-order valence-corrected chi connectivity index (χ1v) is 10.0. The van der Waals surface area contributed by atoms with Gasteiger partial charge in [-0.1, -0.05) is 39.2 Å². The summed E-state index contributed by atoms with van der Waals surface area (Å²) in [4.78, 5) is 2.77. The molecule has 0 bridgehead atoms. The molecule has 0 spiro atoms. The van der Waals surface area contributed by atoms with E-state index in [0.717, 1.165) is 23.6 Å². The highest BCUT2D eigenvalue weighted by atomic mass is 32.2. The molecule has 3 heteroatoms. The van der Waals surface area contributed by atoms with E-state index in [9.17, 15) is 0 Å². The number of nitrogens with one attached hydrogen (secondary N) is 1. The summed E-state index contributed by atoms with van der Waals surface area (Å²) in [6.07, 6.45) is 9.27. The minimum Gasteiger partial charge on any atom is -0.311 e. The lowest BCUT2D eigenvalue weighted by atomic mass is 9.82. The van der Waals surface area contributed by atoms with Gasteiger partial charge in [0.2, 0.25) is 0 Å². The van der Waals surface area contributed by atoms with Crippen molar-refractivity contribution in [3.63, 3.8) is 0 Å².